The van der Waals surface area contributed by atoms with Gasteiger partial charge in [-0.15, -0.1) is 0 Å². The highest BCUT2D eigenvalue weighted by atomic mass is 19.1. The first-order valence-corrected chi connectivity index (χ1v) is 6.40. The van der Waals surface area contributed by atoms with Crippen LogP contribution in [0.4, 0.5) is 8.78 Å². The van der Waals surface area contributed by atoms with E-state index in [1.54, 1.807) is 0 Å². The molecular weight excluding hydrogens is 234 g/mol. The van der Waals surface area contributed by atoms with E-state index in [1.165, 1.54) is 12.1 Å². The summed E-state index contributed by atoms with van der Waals surface area (Å²) >= 11 is 0. The van der Waals surface area contributed by atoms with Gasteiger partial charge in [0.25, 0.3) is 0 Å². The van der Waals surface area contributed by atoms with Crippen molar-refractivity contribution in [2.24, 2.45) is 5.73 Å². The summed E-state index contributed by atoms with van der Waals surface area (Å²) in [5.41, 5.74) is 6.38. The fourth-order valence-corrected chi connectivity index (χ4v) is 2.00. The van der Waals surface area contributed by atoms with Crippen LogP contribution in [-0.4, -0.2) is 24.0 Å². The first-order valence-electron chi connectivity index (χ1n) is 6.40. The molecule has 0 heterocycles. The SMILES string of the molecule is CCCN(CC(N)c1ccc(F)cc1F)C(C)C. The van der Waals surface area contributed by atoms with Crippen molar-refractivity contribution in [3.8, 4) is 0 Å². The Morgan fingerprint density at radius 2 is 1.94 bits per heavy atom. The van der Waals surface area contributed by atoms with Crippen molar-refractivity contribution in [2.75, 3.05) is 13.1 Å². The standard InChI is InChI=1S/C14H22F2N2/c1-4-7-18(10(2)3)9-14(17)12-6-5-11(15)8-13(12)16/h5-6,8,10,14H,4,7,9,17H2,1-3H3. The highest BCUT2D eigenvalue weighted by molar-refractivity contribution is 5.22. The highest BCUT2D eigenvalue weighted by Gasteiger charge is 2.17. The zero-order valence-corrected chi connectivity index (χ0v) is 11.3. The minimum Gasteiger partial charge on any atom is -0.323 e. The number of hydrogen-bond acceptors (Lipinski definition) is 2. The van der Waals surface area contributed by atoms with Gasteiger partial charge >= 0.3 is 0 Å². The van der Waals surface area contributed by atoms with E-state index in [9.17, 15) is 8.78 Å². The van der Waals surface area contributed by atoms with Gasteiger partial charge in [0.15, 0.2) is 0 Å². The summed E-state index contributed by atoms with van der Waals surface area (Å²) in [6.45, 7) is 7.77. The van der Waals surface area contributed by atoms with Crippen LogP contribution < -0.4 is 5.73 Å². The molecule has 0 saturated carbocycles. The molecule has 102 valence electrons. The summed E-state index contributed by atoms with van der Waals surface area (Å²) in [4.78, 5) is 2.20. The molecule has 0 saturated heterocycles. The van der Waals surface area contributed by atoms with Gasteiger partial charge in [0, 0.05) is 30.3 Å². The van der Waals surface area contributed by atoms with Crippen molar-refractivity contribution < 1.29 is 8.78 Å². The lowest BCUT2D eigenvalue weighted by atomic mass is 10.1. The van der Waals surface area contributed by atoms with Crippen molar-refractivity contribution in [2.45, 2.75) is 39.3 Å². The number of nitrogens with zero attached hydrogens (tertiary/aromatic N) is 1. The molecule has 18 heavy (non-hydrogen) atoms. The Labute approximate surface area is 108 Å². The van der Waals surface area contributed by atoms with Crippen molar-refractivity contribution in [1.82, 2.24) is 4.90 Å². The maximum absolute atomic E-state index is 13.6. The second-order valence-electron chi connectivity index (χ2n) is 4.86. The third-order valence-corrected chi connectivity index (χ3v) is 3.03. The van der Waals surface area contributed by atoms with Crippen molar-refractivity contribution in [1.29, 1.82) is 0 Å². The predicted octanol–water partition coefficient (Wildman–Crippen LogP) is 3.09. The quantitative estimate of drug-likeness (QED) is 0.847. The summed E-state index contributed by atoms with van der Waals surface area (Å²) in [5.74, 6) is -1.14. The molecule has 0 aliphatic carbocycles. The molecule has 4 heteroatoms. The van der Waals surface area contributed by atoms with Crippen LogP contribution in [0.2, 0.25) is 0 Å². The van der Waals surface area contributed by atoms with Crippen LogP contribution >= 0.6 is 0 Å². The maximum atomic E-state index is 13.6. The fourth-order valence-electron chi connectivity index (χ4n) is 2.00. The van der Waals surface area contributed by atoms with Crippen LogP contribution in [0.5, 0.6) is 0 Å². The molecule has 2 nitrogen and oxygen atoms in total. The Morgan fingerprint density at radius 3 is 2.44 bits per heavy atom. The van der Waals surface area contributed by atoms with Gasteiger partial charge in [-0.3, -0.25) is 4.90 Å². The summed E-state index contributed by atoms with van der Waals surface area (Å²) in [5, 5.41) is 0. The minimum atomic E-state index is -0.572. The topological polar surface area (TPSA) is 29.3 Å². The Morgan fingerprint density at radius 1 is 1.28 bits per heavy atom. The van der Waals surface area contributed by atoms with Gasteiger partial charge in [0.05, 0.1) is 0 Å². The molecule has 0 amide bonds. The number of halogens is 2. The molecule has 0 spiro atoms. The highest BCUT2D eigenvalue weighted by Crippen LogP contribution is 2.18. The molecule has 1 unspecified atom stereocenters. The Hall–Kier alpha value is -1.00. The monoisotopic (exact) mass is 256 g/mol. The van der Waals surface area contributed by atoms with E-state index in [2.05, 4.69) is 25.7 Å². The van der Waals surface area contributed by atoms with Gasteiger partial charge in [0.1, 0.15) is 11.6 Å². The first kappa shape index (κ1) is 15.1. The number of benzene rings is 1. The summed E-state index contributed by atoms with van der Waals surface area (Å²) in [7, 11) is 0. The molecular formula is C14H22F2N2. The van der Waals surface area contributed by atoms with E-state index in [0.717, 1.165) is 19.0 Å². The fraction of sp³-hybridized carbons (Fsp3) is 0.571. The molecule has 1 aromatic carbocycles. The third kappa shape index (κ3) is 4.03. The van der Waals surface area contributed by atoms with E-state index < -0.39 is 17.7 Å². The number of rotatable bonds is 6. The van der Waals surface area contributed by atoms with E-state index in [-0.39, 0.29) is 0 Å². The summed E-state index contributed by atoms with van der Waals surface area (Å²) < 4.78 is 26.4. The molecule has 0 aliphatic rings. The lowest BCUT2D eigenvalue weighted by Crippen LogP contribution is -2.38. The smallest absolute Gasteiger partial charge is 0.130 e. The van der Waals surface area contributed by atoms with Gasteiger partial charge in [-0.25, -0.2) is 8.78 Å². The van der Waals surface area contributed by atoms with Crippen LogP contribution in [0.15, 0.2) is 18.2 Å². The van der Waals surface area contributed by atoms with E-state index in [4.69, 9.17) is 5.73 Å². The van der Waals surface area contributed by atoms with Gasteiger partial charge in [-0.1, -0.05) is 13.0 Å². The molecule has 0 fully saturated rings. The van der Waals surface area contributed by atoms with Crippen LogP contribution in [-0.2, 0) is 0 Å². The van der Waals surface area contributed by atoms with Crippen LogP contribution in [0, 0.1) is 11.6 Å². The summed E-state index contributed by atoms with van der Waals surface area (Å²) in [6, 6.07) is 3.49. The predicted molar refractivity (Wildman–Crippen MR) is 70.3 cm³/mol. The van der Waals surface area contributed by atoms with Crippen molar-refractivity contribution in [3.05, 3.63) is 35.4 Å². The molecule has 1 atom stereocenters. The Bertz CT molecular complexity index is 380. The van der Waals surface area contributed by atoms with E-state index >= 15 is 0 Å². The molecule has 1 rings (SSSR count). The lowest BCUT2D eigenvalue weighted by Gasteiger charge is -2.29. The number of hydrogen-bond donors (Lipinski definition) is 1. The Balaban J connectivity index is 2.76. The number of nitrogens with two attached hydrogens (primary N) is 1. The van der Waals surface area contributed by atoms with E-state index in [1.807, 2.05) is 0 Å². The minimum absolute atomic E-state index is 0.361. The second kappa shape index (κ2) is 6.81. The van der Waals surface area contributed by atoms with Gasteiger partial charge < -0.3 is 5.73 Å². The maximum Gasteiger partial charge on any atom is 0.130 e. The average Bonchev–Trinajstić information content (AvgIpc) is 2.27. The first-order chi connectivity index (χ1) is 8.45. The van der Waals surface area contributed by atoms with Crippen LogP contribution in [0.25, 0.3) is 0 Å². The normalized spacial score (nSPS) is 13.3. The van der Waals surface area contributed by atoms with Gasteiger partial charge in [0.2, 0.25) is 0 Å². The molecule has 0 aliphatic heterocycles. The van der Waals surface area contributed by atoms with Crippen LogP contribution in [0.3, 0.4) is 0 Å². The largest absolute Gasteiger partial charge is 0.323 e. The zero-order chi connectivity index (χ0) is 13.7. The zero-order valence-electron chi connectivity index (χ0n) is 11.3. The van der Waals surface area contributed by atoms with Gasteiger partial charge in [-0.05, 0) is 32.9 Å². The van der Waals surface area contributed by atoms with E-state index in [0.29, 0.717) is 18.2 Å². The van der Waals surface area contributed by atoms with Crippen LogP contribution in [0.1, 0.15) is 38.8 Å². The average molecular weight is 256 g/mol. The van der Waals surface area contributed by atoms with Crippen molar-refractivity contribution in [3.63, 3.8) is 0 Å². The second-order valence-corrected chi connectivity index (χ2v) is 4.86. The molecule has 2 N–H and O–H groups in total. The lowest BCUT2D eigenvalue weighted by molar-refractivity contribution is 0.208. The Kier molecular flexibility index (Phi) is 5.69. The molecule has 0 radical (unpaired) electrons. The van der Waals surface area contributed by atoms with Gasteiger partial charge in [-0.2, -0.15) is 0 Å². The molecule has 1 aromatic rings. The third-order valence-electron chi connectivity index (χ3n) is 3.03. The molecule has 0 bridgehead atoms. The van der Waals surface area contributed by atoms with Crippen molar-refractivity contribution >= 4 is 0 Å². The molecule has 0 aromatic heterocycles. The summed E-state index contributed by atoms with van der Waals surface area (Å²) in [6.07, 6.45) is 1.02.